The van der Waals surface area contributed by atoms with Gasteiger partial charge in [-0.1, -0.05) is 18.2 Å². The van der Waals surface area contributed by atoms with Gasteiger partial charge in [-0.05, 0) is 49.2 Å². The van der Waals surface area contributed by atoms with E-state index in [9.17, 15) is 9.59 Å². The predicted octanol–water partition coefficient (Wildman–Crippen LogP) is 3.68. The van der Waals surface area contributed by atoms with Gasteiger partial charge >= 0.3 is 0 Å². The third-order valence-electron chi connectivity index (χ3n) is 4.34. The van der Waals surface area contributed by atoms with Crippen molar-refractivity contribution in [3.05, 3.63) is 54.6 Å². The Morgan fingerprint density at radius 3 is 2.40 bits per heavy atom. The molecule has 0 unspecified atom stereocenters. The molecule has 1 saturated heterocycles. The summed E-state index contributed by atoms with van der Waals surface area (Å²) >= 11 is 0. The van der Waals surface area contributed by atoms with Crippen LogP contribution in [-0.2, 0) is 9.59 Å². The van der Waals surface area contributed by atoms with E-state index in [2.05, 4.69) is 5.32 Å². The van der Waals surface area contributed by atoms with Crippen molar-refractivity contribution in [3.63, 3.8) is 0 Å². The van der Waals surface area contributed by atoms with Crippen LogP contribution in [-0.4, -0.2) is 29.8 Å². The summed E-state index contributed by atoms with van der Waals surface area (Å²) in [7, 11) is 0. The molecule has 1 aliphatic rings. The number of amides is 2. The SMILES string of the molecule is CC(=O)N1CCC[C@H](C(=O)Nc2ccc(Oc3ccccc3)cc2)C1. The minimum absolute atomic E-state index is 0.0277. The van der Waals surface area contributed by atoms with Gasteiger partial charge in [0.05, 0.1) is 5.92 Å². The van der Waals surface area contributed by atoms with Crippen molar-refractivity contribution in [1.29, 1.82) is 0 Å². The lowest BCUT2D eigenvalue weighted by atomic mass is 9.97. The van der Waals surface area contributed by atoms with Gasteiger partial charge in [-0.3, -0.25) is 9.59 Å². The molecule has 2 aromatic rings. The second kappa shape index (κ2) is 7.83. The van der Waals surface area contributed by atoms with E-state index in [0.717, 1.165) is 30.8 Å². The highest BCUT2D eigenvalue weighted by atomic mass is 16.5. The third-order valence-corrected chi connectivity index (χ3v) is 4.34. The molecule has 0 aromatic heterocycles. The molecule has 0 aliphatic carbocycles. The van der Waals surface area contributed by atoms with E-state index in [1.807, 2.05) is 54.6 Å². The van der Waals surface area contributed by atoms with E-state index >= 15 is 0 Å². The Morgan fingerprint density at radius 1 is 1.04 bits per heavy atom. The van der Waals surface area contributed by atoms with Crippen LogP contribution < -0.4 is 10.1 Å². The topological polar surface area (TPSA) is 58.6 Å². The fraction of sp³-hybridized carbons (Fsp3) is 0.300. The number of ether oxygens (including phenoxy) is 1. The number of likely N-dealkylation sites (tertiary alicyclic amines) is 1. The number of nitrogens with one attached hydrogen (secondary N) is 1. The first kappa shape index (κ1) is 17.0. The van der Waals surface area contributed by atoms with Crippen LogP contribution in [0.1, 0.15) is 19.8 Å². The van der Waals surface area contributed by atoms with Gasteiger partial charge in [0.2, 0.25) is 11.8 Å². The van der Waals surface area contributed by atoms with Crippen molar-refractivity contribution in [2.24, 2.45) is 5.92 Å². The summed E-state index contributed by atoms with van der Waals surface area (Å²) in [6.07, 6.45) is 1.67. The van der Waals surface area contributed by atoms with Gasteiger partial charge < -0.3 is 15.0 Å². The molecule has 0 spiro atoms. The van der Waals surface area contributed by atoms with Crippen LogP contribution in [0.25, 0.3) is 0 Å². The Labute approximate surface area is 147 Å². The first-order valence-corrected chi connectivity index (χ1v) is 8.51. The molecule has 2 amide bonds. The van der Waals surface area contributed by atoms with Crippen molar-refractivity contribution in [3.8, 4) is 11.5 Å². The Kier molecular flexibility index (Phi) is 5.33. The first-order chi connectivity index (χ1) is 12.1. The standard InChI is InChI=1S/C20H22N2O3/c1-15(23)22-13-5-6-16(14-22)20(24)21-17-9-11-19(12-10-17)25-18-7-3-2-4-8-18/h2-4,7-12,16H,5-6,13-14H2,1H3,(H,21,24)/t16-/m0/s1. The largest absolute Gasteiger partial charge is 0.457 e. The fourth-order valence-corrected chi connectivity index (χ4v) is 2.95. The monoisotopic (exact) mass is 338 g/mol. The number of hydrogen-bond acceptors (Lipinski definition) is 3. The molecular weight excluding hydrogens is 316 g/mol. The molecule has 130 valence electrons. The average Bonchev–Trinajstić information content (AvgIpc) is 2.64. The van der Waals surface area contributed by atoms with Gasteiger partial charge in [0, 0.05) is 25.7 Å². The predicted molar refractivity (Wildman–Crippen MR) is 96.6 cm³/mol. The maximum absolute atomic E-state index is 12.4. The second-order valence-electron chi connectivity index (χ2n) is 6.23. The zero-order valence-electron chi connectivity index (χ0n) is 14.3. The lowest BCUT2D eigenvalue weighted by Crippen LogP contribution is -2.42. The fourth-order valence-electron chi connectivity index (χ4n) is 2.95. The van der Waals surface area contributed by atoms with Crippen LogP contribution in [0.15, 0.2) is 54.6 Å². The molecule has 5 heteroatoms. The van der Waals surface area contributed by atoms with Gasteiger partial charge in [-0.25, -0.2) is 0 Å². The molecule has 1 atom stereocenters. The molecule has 5 nitrogen and oxygen atoms in total. The van der Waals surface area contributed by atoms with Crippen LogP contribution in [0.2, 0.25) is 0 Å². The van der Waals surface area contributed by atoms with Crippen molar-refractivity contribution in [2.75, 3.05) is 18.4 Å². The van der Waals surface area contributed by atoms with Gasteiger partial charge in [-0.15, -0.1) is 0 Å². The minimum atomic E-state index is -0.155. The number of para-hydroxylation sites is 1. The number of anilines is 1. The van der Waals surface area contributed by atoms with E-state index in [-0.39, 0.29) is 17.7 Å². The molecule has 25 heavy (non-hydrogen) atoms. The highest BCUT2D eigenvalue weighted by molar-refractivity contribution is 5.93. The molecule has 3 rings (SSSR count). The summed E-state index contributed by atoms with van der Waals surface area (Å²) in [6.45, 7) is 2.78. The summed E-state index contributed by atoms with van der Waals surface area (Å²) in [5.74, 6) is 1.32. The maximum Gasteiger partial charge on any atom is 0.229 e. The Balaban J connectivity index is 1.57. The summed E-state index contributed by atoms with van der Waals surface area (Å²) in [6, 6.07) is 16.8. The summed E-state index contributed by atoms with van der Waals surface area (Å²) in [5.41, 5.74) is 0.727. The number of carbonyl (C=O) groups is 2. The molecule has 0 saturated carbocycles. The lowest BCUT2D eigenvalue weighted by molar-refractivity contribution is -0.132. The van der Waals surface area contributed by atoms with E-state index < -0.39 is 0 Å². The number of benzene rings is 2. The van der Waals surface area contributed by atoms with E-state index in [0.29, 0.717) is 12.3 Å². The normalized spacial score (nSPS) is 17.0. The number of nitrogens with zero attached hydrogens (tertiary/aromatic N) is 1. The molecule has 1 N–H and O–H groups in total. The summed E-state index contributed by atoms with van der Waals surface area (Å²) < 4.78 is 5.74. The van der Waals surface area contributed by atoms with Crippen molar-refractivity contribution in [2.45, 2.75) is 19.8 Å². The minimum Gasteiger partial charge on any atom is -0.457 e. The highest BCUT2D eigenvalue weighted by Crippen LogP contribution is 2.24. The molecular formula is C20H22N2O3. The zero-order chi connectivity index (χ0) is 17.6. The zero-order valence-corrected chi connectivity index (χ0v) is 14.3. The van der Waals surface area contributed by atoms with E-state index in [4.69, 9.17) is 4.74 Å². The Hall–Kier alpha value is -2.82. The molecule has 0 bridgehead atoms. The molecule has 1 heterocycles. The number of carbonyl (C=O) groups excluding carboxylic acids is 2. The quantitative estimate of drug-likeness (QED) is 0.925. The maximum atomic E-state index is 12.4. The van der Waals surface area contributed by atoms with E-state index in [1.54, 1.807) is 11.8 Å². The third kappa shape index (κ3) is 4.59. The van der Waals surface area contributed by atoms with Crippen molar-refractivity contribution < 1.29 is 14.3 Å². The van der Waals surface area contributed by atoms with Gasteiger partial charge in [0.15, 0.2) is 0 Å². The molecule has 1 aliphatic heterocycles. The summed E-state index contributed by atoms with van der Waals surface area (Å²) in [4.78, 5) is 25.7. The van der Waals surface area contributed by atoms with Crippen LogP contribution in [0.5, 0.6) is 11.5 Å². The van der Waals surface area contributed by atoms with Crippen molar-refractivity contribution in [1.82, 2.24) is 4.90 Å². The van der Waals surface area contributed by atoms with Gasteiger partial charge in [0.1, 0.15) is 11.5 Å². The second-order valence-corrected chi connectivity index (χ2v) is 6.23. The summed E-state index contributed by atoms with van der Waals surface area (Å²) in [5, 5.41) is 2.93. The van der Waals surface area contributed by atoms with E-state index in [1.165, 1.54) is 0 Å². The van der Waals surface area contributed by atoms with Gasteiger partial charge in [-0.2, -0.15) is 0 Å². The molecule has 2 aromatic carbocycles. The average molecular weight is 338 g/mol. The molecule has 1 fully saturated rings. The Morgan fingerprint density at radius 2 is 1.72 bits per heavy atom. The first-order valence-electron chi connectivity index (χ1n) is 8.51. The van der Waals surface area contributed by atoms with Gasteiger partial charge in [0.25, 0.3) is 0 Å². The van der Waals surface area contributed by atoms with Crippen molar-refractivity contribution >= 4 is 17.5 Å². The number of piperidine rings is 1. The van der Waals surface area contributed by atoms with Crippen LogP contribution in [0, 0.1) is 5.92 Å². The lowest BCUT2D eigenvalue weighted by Gasteiger charge is -2.31. The van der Waals surface area contributed by atoms with Crippen LogP contribution in [0.3, 0.4) is 0 Å². The Bertz CT molecular complexity index is 728. The van der Waals surface area contributed by atoms with Crippen LogP contribution in [0.4, 0.5) is 5.69 Å². The smallest absolute Gasteiger partial charge is 0.229 e. The number of rotatable bonds is 4. The number of hydrogen-bond donors (Lipinski definition) is 1. The van der Waals surface area contributed by atoms with Crippen LogP contribution >= 0.6 is 0 Å². The highest BCUT2D eigenvalue weighted by Gasteiger charge is 2.26. The molecule has 0 radical (unpaired) electrons.